The van der Waals surface area contributed by atoms with Gasteiger partial charge in [-0.25, -0.2) is 18.9 Å². The monoisotopic (exact) mass is 325 g/mol. The molecule has 0 atom stereocenters. The maximum absolute atomic E-state index is 12.5. The molecule has 0 unspecified atom stereocenters. The Kier molecular flexibility index (Phi) is 3.55. The van der Waals surface area contributed by atoms with Crippen LogP contribution in [-0.4, -0.2) is 31.1 Å². The van der Waals surface area contributed by atoms with E-state index >= 15 is 0 Å². The number of fused-ring (bicyclic) bond motifs is 3. The number of aromatic nitrogens is 4. The van der Waals surface area contributed by atoms with Crippen molar-refractivity contribution < 1.29 is 4.79 Å². The van der Waals surface area contributed by atoms with Crippen LogP contribution in [0.1, 0.15) is 31.2 Å². The van der Waals surface area contributed by atoms with Gasteiger partial charge in [-0.05, 0) is 31.4 Å². The Balaban J connectivity index is 1.70. The first-order valence-electron chi connectivity index (χ1n) is 8.26. The van der Waals surface area contributed by atoms with Gasteiger partial charge >= 0.3 is 5.69 Å². The summed E-state index contributed by atoms with van der Waals surface area (Å²) in [5.41, 5.74) is 2.03. The second-order valence-corrected chi connectivity index (χ2v) is 6.40. The Morgan fingerprint density at radius 2 is 2.12 bits per heavy atom. The molecular formula is C17H19N5O2. The molecule has 1 aromatic carbocycles. The second-order valence-electron chi connectivity index (χ2n) is 6.40. The standard InChI is InChI=1S/C17H19N5O2/c1-11-5-4-8-13-15(11)18-10-21-16(13)20-22(17(21)24)9-14(23)19-12-6-2-3-7-12/h4-5,8,10,12H,2-3,6-7,9H2,1H3,(H,19,23). The van der Waals surface area contributed by atoms with E-state index in [9.17, 15) is 9.59 Å². The number of aryl methyl sites for hydroxylation is 1. The van der Waals surface area contributed by atoms with Crippen molar-refractivity contribution in [3.63, 3.8) is 0 Å². The molecule has 7 nitrogen and oxygen atoms in total. The Hall–Kier alpha value is -2.70. The number of para-hydroxylation sites is 1. The number of carbonyl (C=O) groups is 1. The largest absolute Gasteiger partial charge is 0.352 e. The summed E-state index contributed by atoms with van der Waals surface area (Å²) in [7, 11) is 0. The first-order valence-corrected chi connectivity index (χ1v) is 8.26. The Labute approximate surface area is 138 Å². The van der Waals surface area contributed by atoms with Gasteiger partial charge in [0.1, 0.15) is 12.9 Å². The third kappa shape index (κ3) is 2.46. The van der Waals surface area contributed by atoms with Crippen molar-refractivity contribution in [3.05, 3.63) is 40.6 Å². The molecule has 3 aromatic rings. The molecule has 0 saturated heterocycles. The molecule has 1 saturated carbocycles. The molecule has 2 heterocycles. The minimum atomic E-state index is -0.345. The van der Waals surface area contributed by atoms with Crippen molar-refractivity contribution in [2.24, 2.45) is 0 Å². The fourth-order valence-electron chi connectivity index (χ4n) is 3.42. The highest BCUT2D eigenvalue weighted by atomic mass is 16.2. The van der Waals surface area contributed by atoms with Gasteiger partial charge in [0.2, 0.25) is 5.91 Å². The average molecular weight is 325 g/mol. The van der Waals surface area contributed by atoms with Gasteiger partial charge < -0.3 is 5.32 Å². The second kappa shape index (κ2) is 5.74. The number of nitrogens with one attached hydrogen (secondary N) is 1. The lowest BCUT2D eigenvalue weighted by molar-refractivity contribution is -0.122. The van der Waals surface area contributed by atoms with Crippen LogP contribution >= 0.6 is 0 Å². The molecule has 0 bridgehead atoms. The Bertz CT molecular complexity index is 982. The molecule has 7 heteroatoms. The van der Waals surface area contributed by atoms with Gasteiger partial charge in [0.05, 0.1) is 5.52 Å². The van der Waals surface area contributed by atoms with Crippen LogP contribution in [0, 0.1) is 6.92 Å². The van der Waals surface area contributed by atoms with Crippen LogP contribution in [0.2, 0.25) is 0 Å². The normalized spacial score (nSPS) is 15.4. The van der Waals surface area contributed by atoms with Gasteiger partial charge in [0.25, 0.3) is 0 Å². The first kappa shape index (κ1) is 14.9. The third-order valence-electron chi connectivity index (χ3n) is 4.67. The van der Waals surface area contributed by atoms with Crippen molar-refractivity contribution in [2.75, 3.05) is 0 Å². The van der Waals surface area contributed by atoms with E-state index in [1.54, 1.807) is 0 Å². The maximum Gasteiger partial charge on any atom is 0.352 e. The predicted octanol–water partition coefficient (Wildman–Crippen LogP) is 1.41. The van der Waals surface area contributed by atoms with E-state index < -0.39 is 0 Å². The zero-order valence-electron chi connectivity index (χ0n) is 13.5. The first-order chi connectivity index (χ1) is 11.6. The highest BCUT2D eigenvalue weighted by Gasteiger charge is 2.19. The molecule has 1 aliphatic carbocycles. The van der Waals surface area contributed by atoms with E-state index in [-0.39, 0.29) is 24.2 Å². The molecule has 124 valence electrons. The minimum absolute atomic E-state index is 0.0652. The lowest BCUT2D eigenvalue weighted by Gasteiger charge is -2.10. The number of rotatable bonds is 3. The lowest BCUT2D eigenvalue weighted by Crippen LogP contribution is -2.37. The molecular weight excluding hydrogens is 306 g/mol. The smallest absolute Gasteiger partial charge is 0.352 e. The number of hydrogen-bond acceptors (Lipinski definition) is 4. The average Bonchev–Trinajstić information content (AvgIpc) is 3.17. The topological polar surface area (TPSA) is 81.3 Å². The van der Waals surface area contributed by atoms with Crippen LogP contribution in [0.15, 0.2) is 29.3 Å². The zero-order chi connectivity index (χ0) is 16.7. The van der Waals surface area contributed by atoms with E-state index in [2.05, 4.69) is 15.4 Å². The number of benzene rings is 1. The molecule has 1 fully saturated rings. The maximum atomic E-state index is 12.5. The highest BCUT2D eigenvalue weighted by Crippen LogP contribution is 2.19. The van der Waals surface area contributed by atoms with Gasteiger partial charge in [0.15, 0.2) is 5.65 Å². The molecule has 0 radical (unpaired) electrons. The fraction of sp³-hybridized carbons (Fsp3) is 0.412. The van der Waals surface area contributed by atoms with E-state index in [1.807, 2.05) is 25.1 Å². The SMILES string of the molecule is Cc1cccc2c1ncn1c(=O)n(CC(=O)NC3CCCC3)nc21. The summed E-state index contributed by atoms with van der Waals surface area (Å²) in [5, 5.41) is 8.15. The van der Waals surface area contributed by atoms with Crippen LogP contribution in [0.4, 0.5) is 0 Å². The van der Waals surface area contributed by atoms with Crippen LogP contribution < -0.4 is 11.0 Å². The van der Waals surface area contributed by atoms with Gasteiger partial charge in [0, 0.05) is 11.4 Å². The number of amides is 1. The third-order valence-corrected chi connectivity index (χ3v) is 4.67. The predicted molar refractivity (Wildman–Crippen MR) is 89.9 cm³/mol. The molecule has 0 spiro atoms. The Morgan fingerprint density at radius 3 is 2.92 bits per heavy atom. The summed E-state index contributed by atoms with van der Waals surface area (Å²) in [6.45, 7) is 1.90. The number of carbonyl (C=O) groups excluding carboxylic acids is 1. The number of nitrogens with zero attached hydrogens (tertiary/aromatic N) is 4. The van der Waals surface area contributed by atoms with E-state index in [4.69, 9.17) is 0 Å². The van der Waals surface area contributed by atoms with E-state index in [1.165, 1.54) is 15.4 Å². The Morgan fingerprint density at radius 1 is 1.33 bits per heavy atom. The summed E-state index contributed by atoms with van der Waals surface area (Å²) in [6, 6.07) is 6.00. The van der Waals surface area contributed by atoms with Crippen molar-refractivity contribution in [3.8, 4) is 0 Å². The molecule has 1 N–H and O–H groups in total. The quantitative estimate of drug-likeness (QED) is 0.789. The summed E-state index contributed by atoms with van der Waals surface area (Å²) in [5.74, 6) is -0.166. The van der Waals surface area contributed by atoms with Crippen LogP contribution in [-0.2, 0) is 11.3 Å². The summed E-state index contributed by atoms with van der Waals surface area (Å²) >= 11 is 0. The zero-order valence-corrected chi connectivity index (χ0v) is 13.5. The van der Waals surface area contributed by atoms with Crippen LogP contribution in [0.25, 0.3) is 16.6 Å². The molecule has 1 amide bonds. The molecule has 0 aliphatic heterocycles. The van der Waals surface area contributed by atoms with Crippen LogP contribution in [0.3, 0.4) is 0 Å². The summed E-state index contributed by atoms with van der Waals surface area (Å²) in [4.78, 5) is 29.0. The van der Waals surface area contributed by atoms with Crippen molar-refractivity contribution in [2.45, 2.75) is 45.2 Å². The van der Waals surface area contributed by atoms with Gasteiger partial charge in [-0.3, -0.25) is 4.79 Å². The summed E-state index contributed by atoms with van der Waals surface area (Å²) < 4.78 is 2.60. The molecule has 2 aromatic heterocycles. The van der Waals surface area contributed by atoms with Crippen molar-refractivity contribution >= 4 is 22.5 Å². The summed E-state index contributed by atoms with van der Waals surface area (Å²) in [6.07, 6.45) is 5.80. The fourth-order valence-corrected chi connectivity index (χ4v) is 3.42. The minimum Gasteiger partial charge on any atom is -0.352 e. The molecule has 4 rings (SSSR count). The highest BCUT2D eigenvalue weighted by molar-refractivity contribution is 5.92. The molecule has 24 heavy (non-hydrogen) atoms. The van der Waals surface area contributed by atoms with Gasteiger partial charge in [-0.15, -0.1) is 5.10 Å². The van der Waals surface area contributed by atoms with E-state index in [0.717, 1.165) is 42.1 Å². The van der Waals surface area contributed by atoms with Crippen molar-refractivity contribution in [1.82, 2.24) is 24.5 Å². The number of hydrogen-bond donors (Lipinski definition) is 1. The van der Waals surface area contributed by atoms with E-state index in [0.29, 0.717) is 5.65 Å². The van der Waals surface area contributed by atoms with Gasteiger partial charge in [-0.2, -0.15) is 0 Å². The van der Waals surface area contributed by atoms with Crippen LogP contribution in [0.5, 0.6) is 0 Å². The molecule has 1 aliphatic rings. The van der Waals surface area contributed by atoms with Gasteiger partial charge in [-0.1, -0.05) is 25.0 Å². The lowest BCUT2D eigenvalue weighted by atomic mass is 10.1. The van der Waals surface area contributed by atoms with Crippen molar-refractivity contribution in [1.29, 1.82) is 0 Å².